The lowest BCUT2D eigenvalue weighted by atomic mass is 10.3. The Kier molecular flexibility index (Phi) is 6.82. The standard InChI is InChI=1S/C12H21N3O2S/c1-3-10-9-11(15(2)14-10)12(17)13-5-8-18-7-4-6-16/h9,16H,3-8H2,1-2H3,(H,13,17). The van der Waals surface area contributed by atoms with E-state index in [0.717, 1.165) is 30.0 Å². The Balaban J connectivity index is 2.29. The highest BCUT2D eigenvalue weighted by molar-refractivity contribution is 7.99. The van der Waals surface area contributed by atoms with E-state index in [4.69, 9.17) is 5.11 Å². The second-order valence-electron chi connectivity index (χ2n) is 3.94. The molecule has 18 heavy (non-hydrogen) atoms. The van der Waals surface area contributed by atoms with Crippen molar-refractivity contribution in [2.24, 2.45) is 7.05 Å². The largest absolute Gasteiger partial charge is 0.396 e. The highest BCUT2D eigenvalue weighted by Crippen LogP contribution is 2.04. The molecule has 5 nitrogen and oxygen atoms in total. The highest BCUT2D eigenvalue weighted by atomic mass is 32.2. The van der Waals surface area contributed by atoms with Crippen LogP contribution in [0, 0.1) is 0 Å². The average molecular weight is 271 g/mol. The van der Waals surface area contributed by atoms with Crippen molar-refractivity contribution in [3.63, 3.8) is 0 Å². The van der Waals surface area contributed by atoms with Crippen LogP contribution in [0.3, 0.4) is 0 Å². The number of aryl methyl sites for hydroxylation is 2. The zero-order chi connectivity index (χ0) is 13.4. The average Bonchev–Trinajstić information content (AvgIpc) is 2.75. The van der Waals surface area contributed by atoms with Crippen LogP contribution in [-0.2, 0) is 13.5 Å². The first-order valence-corrected chi connectivity index (χ1v) is 7.34. The van der Waals surface area contributed by atoms with E-state index < -0.39 is 0 Å². The molecular formula is C12H21N3O2S. The molecule has 1 amide bonds. The van der Waals surface area contributed by atoms with E-state index >= 15 is 0 Å². The highest BCUT2D eigenvalue weighted by Gasteiger charge is 2.11. The van der Waals surface area contributed by atoms with Gasteiger partial charge in [0.15, 0.2) is 0 Å². The molecule has 1 aromatic rings. The van der Waals surface area contributed by atoms with E-state index in [2.05, 4.69) is 10.4 Å². The van der Waals surface area contributed by atoms with Crippen LogP contribution in [0.2, 0.25) is 0 Å². The molecule has 0 fully saturated rings. The fraction of sp³-hybridized carbons (Fsp3) is 0.667. The molecule has 0 atom stereocenters. The van der Waals surface area contributed by atoms with Crippen molar-refractivity contribution in [3.8, 4) is 0 Å². The Bertz CT molecular complexity index is 379. The zero-order valence-corrected chi connectivity index (χ0v) is 11.8. The van der Waals surface area contributed by atoms with Crippen molar-refractivity contribution in [1.82, 2.24) is 15.1 Å². The quantitative estimate of drug-likeness (QED) is 0.687. The van der Waals surface area contributed by atoms with Crippen molar-refractivity contribution in [2.75, 3.05) is 24.7 Å². The monoisotopic (exact) mass is 271 g/mol. The molecule has 0 bridgehead atoms. The van der Waals surface area contributed by atoms with Crippen LogP contribution in [0.5, 0.6) is 0 Å². The van der Waals surface area contributed by atoms with E-state index in [1.165, 1.54) is 0 Å². The fourth-order valence-corrected chi connectivity index (χ4v) is 2.29. The van der Waals surface area contributed by atoms with Crippen molar-refractivity contribution in [2.45, 2.75) is 19.8 Å². The Labute approximate surface area is 112 Å². The summed E-state index contributed by atoms with van der Waals surface area (Å²) in [5.41, 5.74) is 1.53. The predicted molar refractivity (Wildman–Crippen MR) is 73.9 cm³/mol. The van der Waals surface area contributed by atoms with Gasteiger partial charge in [-0.05, 0) is 24.7 Å². The summed E-state index contributed by atoms with van der Waals surface area (Å²) < 4.78 is 1.62. The van der Waals surface area contributed by atoms with Gasteiger partial charge in [0.1, 0.15) is 5.69 Å². The van der Waals surface area contributed by atoms with Crippen molar-refractivity contribution >= 4 is 17.7 Å². The lowest BCUT2D eigenvalue weighted by Gasteiger charge is -2.04. The Hall–Kier alpha value is -1.01. The Morgan fingerprint density at radius 1 is 1.56 bits per heavy atom. The number of carbonyl (C=O) groups excluding carboxylic acids is 1. The van der Waals surface area contributed by atoms with E-state index in [1.54, 1.807) is 23.5 Å². The molecule has 0 aliphatic heterocycles. The van der Waals surface area contributed by atoms with Gasteiger partial charge in [-0.25, -0.2) is 0 Å². The first-order valence-electron chi connectivity index (χ1n) is 6.18. The van der Waals surface area contributed by atoms with Crippen molar-refractivity contribution in [3.05, 3.63) is 17.5 Å². The van der Waals surface area contributed by atoms with Crippen LogP contribution >= 0.6 is 11.8 Å². The minimum Gasteiger partial charge on any atom is -0.396 e. The normalized spacial score (nSPS) is 10.6. The van der Waals surface area contributed by atoms with Gasteiger partial charge in [-0.3, -0.25) is 9.48 Å². The van der Waals surface area contributed by atoms with Gasteiger partial charge in [-0.1, -0.05) is 6.92 Å². The second kappa shape index (κ2) is 8.16. The molecule has 1 rings (SSSR count). The molecule has 0 unspecified atom stereocenters. The summed E-state index contributed by atoms with van der Waals surface area (Å²) in [5.74, 6) is 1.72. The summed E-state index contributed by atoms with van der Waals surface area (Å²) in [6.45, 7) is 2.89. The zero-order valence-electron chi connectivity index (χ0n) is 11.0. The molecule has 0 aliphatic carbocycles. The molecule has 0 aromatic carbocycles. The third-order valence-electron chi connectivity index (χ3n) is 2.50. The smallest absolute Gasteiger partial charge is 0.269 e. The maximum atomic E-state index is 11.9. The number of nitrogens with one attached hydrogen (secondary N) is 1. The number of thioether (sulfide) groups is 1. The van der Waals surface area contributed by atoms with E-state index in [-0.39, 0.29) is 12.5 Å². The fourth-order valence-electron chi connectivity index (χ4n) is 1.51. The second-order valence-corrected chi connectivity index (χ2v) is 5.17. The summed E-state index contributed by atoms with van der Waals surface area (Å²) in [7, 11) is 1.78. The molecule has 0 saturated carbocycles. The molecule has 1 heterocycles. The molecule has 1 aromatic heterocycles. The summed E-state index contributed by atoms with van der Waals surface area (Å²) in [6.07, 6.45) is 1.64. The van der Waals surface area contributed by atoms with Crippen LogP contribution in [0.1, 0.15) is 29.5 Å². The van der Waals surface area contributed by atoms with E-state index in [0.29, 0.717) is 12.2 Å². The van der Waals surface area contributed by atoms with Crippen LogP contribution in [0.4, 0.5) is 0 Å². The third kappa shape index (κ3) is 4.70. The topological polar surface area (TPSA) is 67.2 Å². The first-order chi connectivity index (χ1) is 8.69. The minimum atomic E-state index is -0.0764. The van der Waals surface area contributed by atoms with E-state index in [1.807, 2.05) is 13.0 Å². The first kappa shape index (κ1) is 15.0. The van der Waals surface area contributed by atoms with Crippen molar-refractivity contribution < 1.29 is 9.90 Å². The van der Waals surface area contributed by atoms with Crippen LogP contribution < -0.4 is 5.32 Å². The van der Waals surface area contributed by atoms with Gasteiger partial charge in [0, 0.05) is 26.0 Å². The number of hydrogen-bond donors (Lipinski definition) is 2. The van der Waals surface area contributed by atoms with Crippen LogP contribution in [0.25, 0.3) is 0 Å². The molecule has 0 saturated heterocycles. The molecule has 2 N–H and O–H groups in total. The Morgan fingerprint density at radius 2 is 2.33 bits per heavy atom. The molecule has 0 radical (unpaired) electrons. The number of amides is 1. The van der Waals surface area contributed by atoms with Gasteiger partial charge in [0.25, 0.3) is 5.91 Å². The van der Waals surface area contributed by atoms with Gasteiger partial charge in [-0.2, -0.15) is 16.9 Å². The van der Waals surface area contributed by atoms with Gasteiger partial charge in [-0.15, -0.1) is 0 Å². The summed E-state index contributed by atoms with van der Waals surface area (Å²) in [4.78, 5) is 11.9. The molecule has 6 heteroatoms. The summed E-state index contributed by atoms with van der Waals surface area (Å²) in [6, 6.07) is 1.83. The van der Waals surface area contributed by atoms with Gasteiger partial charge in [0.2, 0.25) is 0 Å². The number of carbonyl (C=O) groups is 1. The van der Waals surface area contributed by atoms with Crippen LogP contribution in [-0.4, -0.2) is 45.5 Å². The maximum absolute atomic E-state index is 11.9. The summed E-state index contributed by atoms with van der Waals surface area (Å²) >= 11 is 1.73. The van der Waals surface area contributed by atoms with Crippen molar-refractivity contribution in [1.29, 1.82) is 0 Å². The summed E-state index contributed by atoms with van der Waals surface area (Å²) in [5, 5.41) is 15.7. The third-order valence-corrected chi connectivity index (χ3v) is 3.57. The number of aliphatic hydroxyl groups excluding tert-OH is 1. The van der Waals surface area contributed by atoms with Gasteiger partial charge < -0.3 is 10.4 Å². The minimum absolute atomic E-state index is 0.0764. The lowest BCUT2D eigenvalue weighted by Crippen LogP contribution is -2.27. The van der Waals surface area contributed by atoms with E-state index in [9.17, 15) is 4.79 Å². The molecular weight excluding hydrogens is 250 g/mol. The Morgan fingerprint density at radius 3 is 2.94 bits per heavy atom. The number of hydrogen-bond acceptors (Lipinski definition) is 4. The predicted octanol–water partition coefficient (Wildman–Crippen LogP) is 0.828. The molecule has 0 aliphatic rings. The number of rotatable bonds is 8. The number of aliphatic hydroxyl groups is 1. The maximum Gasteiger partial charge on any atom is 0.269 e. The number of nitrogens with zero attached hydrogens (tertiary/aromatic N) is 2. The van der Waals surface area contributed by atoms with Gasteiger partial charge >= 0.3 is 0 Å². The lowest BCUT2D eigenvalue weighted by molar-refractivity contribution is 0.0947. The molecule has 102 valence electrons. The SMILES string of the molecule is CCc1cc(C(=O)NCCSCCCO)n(C)n1. The number of aromatic nitrogens is 2. The van der Waals surface area contributed by atoms with Crippen LogP contribution in [0.15, 0.2) is 6.07 Å². The van der Waals surface area contributed by atoms with Gasteiger partial charge in [0.05, 0.1) is 5.69 Å². The molecule has 0 spiro atoms.